The predicted octanol–water partition coefficient (Wildman–Crippen LogP) is 4.44. The second kappa shape index (κ2) is 7.41. The lowest BCUT2D eigenvalue weighted by Gasteiger charge is -2.19. The van der Waals surface area contributed by atoms with Gasteiger partial charge in [0.05, 0.1) is 23.1 Å². The van der Waals surface area contributed by atoms with Gasteiger partial charge in [0.25, 0.3) is 5.91 Å². The summed E-state index contributed by atoms with van der Waals surface area (Å²) in [5.41, 5.74) is 2.25. The van der Waals surface area contributed by atoms with E-state index in [4.69, 9.17) is 0 Å². The number of para-hydroxylation sites is 2. The molecule has 1 amide bonds. The number of hydrogen-bond acceptors (Lipinski definition) is 3. The number of nitrogens with zero attached hydrogens (tertiary/aromatic N) is 2. The molecule has 2 atom stereocenters. The van der Waals surface area contributed by atoms with E-state index in [-0.39, 0.29) is 23.8 Å². The van der Waals surface area contributed by atoms with Crippen molar-refractivity contribution in [3.63, 3.8) is 0 Å². The molecule has 0 spiro atoms. The van der Waals surface area contributed by atoms with Gasteiger partial charge in [0, 0.05) is 10.0 Å². The molecule has 0 saturated heterocycles. The van der Waals surface area contributed by atoms with Gasteiger partial charge in [0.15, 0.2) is 5.78 Å². The molecule has 0 fully saturated rings. The number of carbonyl (C=O) groups is 2. The normalized spacial score (nSPS) is 13.4. The third kappa shape index (κ3) is 3.55. The first-order valence-electron chi connectivity index (χ1n) is 8.42. The molecule has 0 aliphatic rings. The quantitative estimate of drug-likeness (QED) is 0.672. The van der Waals surface area contributed by atoms with Gasteiger partial charge in [-0.2, -0.15) is 0 Å². The van der Waals surface area contributed by atoms with E-state index in [0.29, 0.717) is 11.4 Å². The molecule has 0 aliphatic carbocycles. The monoisotopic (exact) mass is 413 g/mol. The van der Waals surface area contributed by atoms with Gasteiger partial charge in [-0.05, 0) is 51.1 Å². The Morgan fingerprint density at radius 2 is 1.85 bits per heavy atom. The third-order valence-electron chi connectivity index (χ3n) is 4.42. The van der Waals surface area contributed by atoms with E-state index in [2.05, 4.69) is 26.2 Å². The highest BCUT2D eigenvalue weighted by molar-refractivity contribution is 9.10. The fourth-order valence-corrected chi connectivity index (χ4v) is 3.33. The van der Waals surface area contributed by atoms with Crippen molar-refractivity contribution >= 4 is 38.7 Å². The Morgan fingerprint density at radius 3 is 2.54 bits per heavy atom. The maximum absolute atomic E-state index is 12.6. The average molecular weight is 414 g/mol. The maximum atomic E-state index is 12.6. The number of hydrogen-bond donors (Lipinski definition) is 1. The number of carbonyl (C=O) groups excluding carboxylic acids is 2. The van der Waals surface area contributed by atoms with Crippen LogP contribution in [-0.2, 0) is 4.79 Å². The molecule has 1 heterocycles. The van der Waals surface area contributed by atoms with Gasteiger partial charge < -0.3 is 9.88 Å². The number of ketones is 1. The first-order valence-corrected chi connectivity index (χ1v) is 9.21. The van der Waals surface area contributed by atoms with Gasteiger partial charge >= 0.3 is 0 Å². The zero-order valence-electron chi connectivity index (χ0n) is 14.9. The minimum Gasteiger partial charge on any atom is -0.342 e. The molecule has 134 valence electrons. The Labute approximate surface area is 160 Å². The molecular weight excluding hydrogens is 394 g/mol. The van der Waals surface area contributed by atoms with Crippen molar-refractivity contribution in [2.24, 2.45) is 0 Å². The second-order valence-corrected chi connectivity index (χ2v) is 7.24. The number of rotatable bonds is 5. The van der Waals surface area contributed by atoms with Gasteiger partial charge in [-0.15, -0.1) is 0 Å². The van der Waals surface area contributed by atoms with Gasteiger partial charge in [-0.3, -0.25) is 9.59 Å². The lowest BCUT2D eigenvalue weighted by Crippen LogP contribution is -2.30. The number of fused-ring (bicyclic) bond motifs is 1. The average Bonchev–Trinajstić information content (AvgIpc) is 3.00. The summed E-state index contributed by atoms with van der Waals surface area (Å²) in [7, 11) is 0. The minimum absolute atomic E-state index is 0.0416. The topological polar surface area (TPSA) is 64.0 Å². The molecule has 0 radical (unpaired) electrons. The van der Waals surface area contributed by atoms with Crippen molar-refractivity contribution in [3.8, 4) is 0 Å². The lowest BCUT2D eigenvalue weighted by atomic mass is 10.2. The standard InChI is InChI=1S/C20H20BrN3O2/c1-12(22-20(26)15-7-6-8-16(21)11-15)19-23-17-9-4-5-10-18(17)24(19)13(2)14(3)25/h4-13H,1-3H3,(H,22,26). The highest BCUT2D eigenvalue weighted by atomic mass is 79.9. The molecule has 2 unspecified atom stereocenters. The van der Waals surface area contributed by atoms with Crippen LogP contribution in [0, 0.1) is 0 Å². The molecule has 2 aromatic carbocycles. The first-order chi connectivity index (χ1) is 12.4. The minimum atomic E-state index is -0.359. The van der Waals surface area contributed by atoms with Crippen molar-refractivity contribution < 1.29 is 9.59 Å². The Kier molecular flexibility index (Phi) is 5.23. The van der Waals surface area contributed by atoms with Gasteiger partial charge in [0.1, 0.15) is 5.82 Å². The number of benzene rings is 2. The second-order valence-electron chi connectivity index (χ2n) is 6.32. The van der Waals surface area contributed by atoms with Crippen LogP contribution in [0.2, 0.25) is 0 Å². The van der Waals surface area contributed by atoms with Crippen molar-refractivity contribution in [1.29, 1.82) is 0 Å². The molecule has 0 aliphatic heterocycles. The van der Waals surface area contributed by atoms with Crippen LogP contribution < -0.4 is 5.32 Å². The molecule has 0 saturated carbocycles. The molecule has 1 N–H and O–H groups in total. The summed E-state index contributed by atoms with van der Waals surface area (Å²) in [4.78, 5) is 29.2. The third-order valence-corrected chi connectivity index (χ3v) is 4.91. The van der Waals surface area contributed by atoms with Crippen molar-refractivity contribution in [2.75, 3.05) is 0 Å². The summed E-state index contributed by atoms with van der Waals surface area (Å²) in [5, 5.41) is 2.98. The SMILES string of the molecule is CC(=O)C(C)n1c(C(C)NC(=O)c2cccc(Br)c2)nc2ccccc21. The molecule has 26 heavy (non-hydrogen) atoms. The fourth-order valence-electron chi connectivity index (χ4n) is 2.93. The molecule has 3 aromatic rings. The fraction of sp³-hybridized carbons (Fsp3) is 0.250. The van der Waals surface area contributed by atoms with E-state index in [1.807, 2.05) is 54.8 Å². The number of aromatic nitrogens is 2. The van der Waals surface area contributed by atoms with Gasteiger partial charge in [-0.25, -0.2) is 4.98 Å². The van der Waals surface area contributed by atoms with E-state index in [1.54, 1.807) is 19.1 Å². The van der Waals surface area contributed by atoms with Crippen LogP contribution >= 0.6 is 15.9 Å². The van der Waals surface area contributed by atoms with E-state index in [0.717, 1.165) is 15.5 Å². The van der Waals surface area contributed by atoms with Gasteiger partial charge in [-0.1, -0.05) is 34.1 Å². The predicted molar refractivity (Wildman–Crippen MR) is 105 cm³/mol. The molecule has 6 heteroatoms. The van der Waals surface area contributed by atoms with E-state index in [9.17, 15) is 9.59 Å². The van der Waals surface area contributed by atoms with Crippen molar-refractivity contribution in [2.45, 2.75) is 32.9 Å². The Hall–Kier alpha value is -2.47. The number of amides is 1. The maximum Gasteiger partial charge on any atom is 0.251 e. The zero-order chi connectivity index (χ0) is 18.8. The van der Waals surface area contributed by atoms with Gasteiger partial charge in [0.2, 0.25) is 0 Å². The highest BCUT2D eigenvalue weighted by Gasteiger charge is 2.23. The number of nitrogens with one attached hydrogen (secondary N) is 1. The summed E-state index contributed by atoms with van der Waals surface area (Å²) in [6.07, 6.45) is 0. The molecule has 0 bridgehead atoms. The van der Waals surface area contributed by atoms with Crippen molar-refractivity contribution in [3.05, 3.63) is 64.4 Å². The summed E-state index contributed by atoms with van der Waals surface area (Å²) in [6.45, 7) is 5.29. The van der Waals surface area contributed by atoms with Crippen LogP contribution in [-0.4, -0.2) is 21.2 Å². The van der Waals surface area contributed by atoms with E-state index < -0.39 is 0 Å². The summed E-state index contributed by atoms with van der Waals surface area (Å²) in [6, 6.07) is 14.2. The summed E-state index contributed by atoms with van der Waals surface area (Å²) < 4.78 is 2.75. The van der Waals surface area contributed by atoms with Crippen LogP contribution in [0.15, 0.2) is 53.0 Å². The Balaban J connectivity index is 1.97. The van der Waals surface area contributed by atoms with Crippen LogP contribution in [0.3, 0.4) is 0 Å². The largest absolute Gasteiger partial charge is 0.342 e. The summed E-state index contributed by atoms with van der Waals surface area (Å²) >= 11 is 3.38. The van der Waals surface area contributed by atoms with Crippen molar-refractivity contribution in [1.82, 2.24) is 14.9 Å². The molecular formula is C20H20BrN3O2. The number of halogens is 1. The zero-order valence-corrected chi connectivity index (χ0v) is 16.4. The Bertz CT molecular complexity index is 980. The molecule has 1 aromatic heterocycles. The molecule has 3 rings (SSSR count). The van der Waals surface area contributed by atoms with Crippen LogP contribution in [0.1, 0.15) is 49.0 Å². The highest BCUT2D eigenvalue weighted by Crippen LogP contribution is 2.26. The smallest absolute Gasteiger partial charge is 0.251 e. The number of Topliss-reactive ketones (excluding diaryl/α,β-unsaturated/α-hetero) is 1. The van der Waals surface area contributed by atoms with E-state index >= 15 is 0 Å². The molecule has 5 nitrogen and oxygen atoms in total. The van der Waals surface area contributed by atoms with Crippen LogP contribution in [0.25, 0.3) is 11.0 Å². The van der Waals surface area contributed by atoms with Crippen LogP contribution in [0.5, 0.6) is 0 Å². The first kappa shape index (κ1) is 18.3. The lowest BCUT2D eigenvalue weighted by molar-refractivity contribution is -0.119. The Morgan fingerprint density at radius 1 is 1.12 bits per heavy atom. The number of imidazole rings is 1. The van der Waals surface area contributed by atoms with Crippen LogP contribution in [0.4, 0.5) is 0 Å². The van der Waals surface area contributed by atoms with E-state index in [1.165, 1.54) is 0 Å². The summed E-state index contributed by atoms with van der Waals surface area (Å²) in [5.74, 6) is 0.519.